The summed E-state index contributed by atoms with van der Waals surface area (Å²) in [6.45, 7) is 1.33. The number of carboxylic acid groups (broad SMARTS) is 1. The number of ether oxygens (including phenoxy) is 1. The molecule has 0 spiro atoms. The van der Waals surface area contributed by atoms with Crippen molar-refractivity contribution in [2.75, 3.05) is 0 Å². The molecule has 0 radical (unpaired) electrons. The van der Waals surface area contributed by atoms with Crippen LogP contribution in [-0.2, 0) is 4.79 Å². The van der Waals surface area contributed by atoms with Crippen LogP contribution in [0.3, 0.4) is 0 Å². The van der Waals surface area contributed by atoms with Gasteiger partial charge in [0.15, 0.2) is 0 Å². The van der Waals surface area contributed by atoms with E-state index >= 15 is 0 Å². The van der Waals surface area contributed by atoms with Crippen molar-refractivity contribution < 1.29 is 14.6 Å². The Morgan fingerprint density at radius 1 is 1.27 bits per heavy atom. The summed E-state index contributed by atoms with van der Waals surface area (Å²) in [4.78, 5) is 10.4. The third-order valence-electron chi connectivity index (χ3n) is 1.61. The van der Waals surface area contributed by atoms with Crippen molar-refractivity contribution in [3.8, 4) is 5.75 Å². The molecule has 3 nitrogen and oxygen atoms in total. The standard InChI is InChI=1S/C9H7Cl3O3/c1-4(9(13)14)15-8-3-6(11)5(10)2-7(8)12/h2-4H,1H3,(H,13,14)/p-1/t4-/m1/s1. The monoisotopic (exact) mass is 267 g/mol. The van der Waals surface area contributed by atoms with Gasteiger partial charge in [-0.2, -0.15) is 0 Å². The number of carbonyl (C=O) groups excluding carboxylic acids is 1. The lowest BCUT2D eigenvalue weighted by molar-refractivity contribution is -0.312. The van der Waals surface area contributed by atoms with Gasteiger partial charge in [0.1, 0.15) is 11.9 Å². The number of carboxylic acids is 1. The molecule has 0 amide bonds. The average molecular weight is 269 g/mol. The van der Waals surface area contributed by atoms with Crippen LogP contribution in [-0.4, -0.2) is 12.1 Å². The minimum absolute atomic E-state index is 0.155. The van der Waals surface area contributed by atoms with Crippen molar-refractivity contribution in [2.45, 2.75) is 13.0 Å². The van der Waals surface area contributed by atoms with Gasteiger partial charge in [-0.3, -0.25) is 0 Å². The molecule has 1 aromatic carbocycles. The summed E-state index contributed by atoms with van der Waals surface area (Å²) in [7, 11) is 0. The summed E-state index contributed by atoms with van der Waals surface area (Å²) in [5.74, 6) is -1.18. The van der Waals surface area contributed by atoms with Crippen molar-refractivity contribution in [1.82, 2.24) is 0 Å². The van der Waals surface area contributed by atoms with E-state index in [9.17, 15) is 9.90 Å². The number of halogens is 3. The lowest BCUT2D eigenvalue weighted by Crippen LogP contribution is -2.37. The average Bonchev–Trinajstić information content (AvgIpc) is 2.13. The first kappa shape index (κ1) is 12.4. The Hall–Kier alpha value is -0.640. The number of benzene rings is 1. The molecule has 0 heterocycles. The fourth-order valence-electron chi connectivity index (χ4n) is 0.833. The Balaban J connectivity index is 2.95. The third-order valence-corrected chi connectivity index (χ3v) is 2.63. The van der Waals surface area contributed by atoms with E-state index in [1.165, 1.54) is 19.1 Å². The Kier molecular flexibility index (Phi) is 4.08. The van der Waals surface area contributed by atoms with Gasteiger partial charge in [-0.15, -0.1) is 0 Å². The summed E-state index contributed by atoms with van der Waals surface area (Å²) in [5, 5.41) is 11.1. The fraction of sp³-hybridized carbons (Fsp3) is 0.222. The maximum absolute atomic E-state index is 10.4. The smallest absolute Gasteiger partial charge is 0.140 e. The number of rotatable bonds is 3. The number of carbonyl (C=O) groups is 1. The van der Waals surface area contributed by atoms with E-state index in [2.05, 4.69) is 0 Å². The van der Waals surface area contributed by atoms with Gasteiger partial charge >= 0.3 is 0 Å². The fourth-order valence-corrected chi connectivity index (χ4v) is 1.41. The highest BCUT2D eigenvalue weighted by Gasteiger charge is 2.11. The highest BCUT2D eigenvalue weighted by Crippen LogP contribution is 2.34. The van der Waals surface area contributed by atoms with E-state index < -0.39 is 12.1 Å². The van der Waals surface area contributed by atoms with Crippen LogP contribution in [0.1, 0.15) is 6.92 Å². The normalized spacial score (nSPS) is 12.3. The predicted molar refractivity (Wildman–Crippen MR) is 56.6 cm³/mol. The Bertz CT molecular complexity index is 392. The second-order valence-corrected chi connectivity index (χ2v) is 4.00. The second-order valence-electron chi connectivity index (χ2n) is 2.78. The lowest BCUT2D eigenvalue weighted by Gasteiger charge is -2.16. The minimum Gasteiger partial charge on any atom is -0.546 e. The summed E-state index contributed by atoms with van der Waals surface area (Å²) >= 11 is 17.2. The van der Waals surface area contributed by atoms with Crippen molar-refractivity contribution in [3.63, 3.8) is 0 Å². The first-order chi connectivity index (χ1) is 6.91. The van der Waals surface area contributed by atoms with E-state index in [4.69, 9.17) is 39.5 Å². The van der Waals surface area contributed by atoms with Gasteiger partial charge in [-0.1, -0.05) is 34.8 Å². The molecule has 82 valence electrons. The second kappa shape index (κ2) is 4.92. The molecule has 1 aromatic rings. The van der Waals surface area contributed by atoms with E-state index in [0.717, 1.165) is 0 Å². The molecule has 1 rings (SSSR count). The molecule has 6 heteroatoms. The molecule has 0 N–H and O–H groups in total. The molecule has 0 aliphatic carbocycles. The molecule has 0 aromatic heterocycles. The first-order valence-electron chi connectivity index (χ1n) is 3.94. The number of aliphatic carboxylic acids is 1. The van der Waals surface area contributed by atoms with Crippen LogP contribution in [0, 0.1) is 0 Å². The van der Waals surface area contributed by atoms with Gasteiger partial charge in [-0.25, -0.2) is 0 Å². The van der Waals surface area contributed by atoms with Crippen molar-refractivity contribution in [1.29, 1.82) is 0 Å². The molecule has 0 unspecified atom stereocenters. The van der Waals surface area contributed by atoms with E-state index in [0.29, 0.717) is 0 Å². The Labute approximate surface area is 102 Å². The lowest BCUT2D eigenvalue weighted by atomic mass is 10.3. The maximum atomic E-state index is 10.4. The third kappa shape index (κ3) is 3.16. The molecular weight excluding hydrogens is 262 g/mol. The summed E-state index contributed by atoms with van der Waals surface area (Å²) < 4.78 is 5.01. The molecule has 0 fully saturated rings. The van der Waals surface area contributed by atoms with Crippen LogP contribution in [0.5, 0.6) is 5.75 Å². The zero-order valence-electron chi connectivity index (χ0n) is 7.59. The first-order valence-corrected chi connectivity index (χ1v) is 5.07. The van der Waals surface area contributed by atoms with Crippen LogP contribution >= 0.6 is 34.8 Å². The largest absolute Gasteiger partial charge is 0.546 e. The highest BCUT2D eigenvalue weighted by molar-refractivity contribution is 6.43. The molecule has 0 aliphatic rings. The SMILES string of the molecule is C[C@@H](Oc1cc(Cl)c(Cl)cc1Cl)C(=O)[O-]. The van der Waals surface area contributed by atoms with Crippen LogP contribution in [0.4, 0.5) is 0 Å². The Morgan fingerprint density at radius 3 is 2.33 bits per heavy atom. The molecular formula is C9H6Cl3O3-. The molecule has 0 saturated carbocycles. The van der Waals surface area contributed by atoms with Gasteiger partial charge in [0.25, 0.3) is 0 Å². The number of hydrogen-bond donors (Lipinski definition) is 0. The molecule has 1 atom stereocenters. The van der Waals surface area contributed by atoms with E-state index in [1.54, 1.807) is 0 Å². The summed E-state index contributed by atoms with van der Waals surface area (Å²) in [6, 6.07) is 2.73. The summed E-state index contributed by atoms with van der Waals surface area (Å²) in [5.41, 5.74) is 0. The van der Waals surface area contributed by atoms with Gasteiger partial charge in [-0.05, 0) is 13.0 Å². The van der Waals surface area contributed by atoms with Crippen LogP contribution in [0.15, 0.2) is 12.1 Å². The Morgan fingerprint density at radius 2 is 1.80 bits per heavy atom. The topological polar surface area (TPSA) is 49.4 Å². The maximum Gasteiger partial charge on any atom is 0.140 e. The van der Waals surface area contributed by atoms with Crippen LogP contribution in [0.2, 0.25) is 15.1 Å². The predicted octanol–water partition coefficient (Wildman–Crippen LogP) is 2.16. The van der Waals surface area contributed by atoms with Gasteiger partial charge in [0.05, 0.1) is 21.0 Å². The molecule has 0 aliphatic heterocycles. The van der Waals surface area contributed by atoms with Gasteiger partial charge in [0.2, 0.25) is 0 Å². The van der Waals surface area contributed by atoms with Crippen LogP contribution < -0.4 is 9.84 Å². The zero-order valence-corrected chi connectivity index (χ0v) is 9.86. The molecule has 0 bridgehead atoms. The quantitative estimate of drug-likeness (QED) is 0.789. The van der Waals surface area contributed by atoms with Gasteiger partial charge in [0, 0.05) is 6.07 Å². The molecule has 15 heavy (non-hydrogen) atoms. The zero-order chi connectivity index (χ0) is 11.6. The molecule has 0 saturated heterocycles. The van der Waals surface area contributed by atoms with Crippen molar-refractivity contribution in [2.24, 2.45) is 0 Å². The van der Waals surface area contributed by atoms with Crippen molar-refractivity contribution >= 4 is 40.8 Å². The van der Waals surface area contributed by atoms with Crippen molar-refractivity contribution in [3.05, 3.63) is 27.2 Å². The van der Waals surface area contributed by atoms with E-state index in [1.807, 2.05) is 0 Å². The highest BCUT2D eigenvalue weighted by atomic mass is 35.5. The van der Waals surface area contributed by atoms with Crippen LogP contribution in [0.25, 0.3) is 0 Å². The summed E-state index contributed by atoms with van der Waals surface area (Å²) in [6.07, 6.45) is -1.11. The minimum atomic E-state index is -1.34. The number of hydrogen-bond acceptors (Lipinski definition) is 3. The van der Waals surface area contributed by atoms with E-state index in [-0.39, 0.29) is 20.8 Å². The van der Waals surface area contributed by atoms with Gasteiger partial charge < -0.3 is 14.6 Å².